The Morgan fingerprint density at radius 1 is 0.921 bits per heavy atom. The number of esters is 1. The zero-order valence-electron chi connectivity index (χ0n) is 20.5. The number of carbonyl (C=O) groups excluding carboxylic acids is 1. The van der Waals surface area contributed by atoms with E-state index in [1.165, 1.54) is 19.2 Å². The fourth-order valence-corrected chi connectivity index (χ4v) is 4.31. The molecule has 0 bridgehead atoms. The van der Waals surface area contributed by atoms with Crippen molar-refractivity contribution < 1.29 is 32.2 Å². The highest BCUT2D eigenvalue weighted by Crippen LogP contribution is 2.34. The minimum absolute atomic E-state index is 0.0403. The molecule has 38 heavy (non-hydrogen) atoms. The topological polar surface area (TPSA) is 52.9 Å². The quantitative estimate of drug-likeness (QED) is 0.261. The molecular formula is C29H25F3N2O4. The van der Waals surface area contributed by atoms with Gasteiger partial charge in [-0.25, -0.2) is 4.79 Å². The second-order valence-electron chi connectivity index (χ2n) is 8.86. The maximum absolute atomic E-state index is 12.9. The van der Waals surface area contributed by atoms with E-state index in [1.54, 1.807) is 6.07 Å². The molecule has 1 aliphatic heterocycles. The van der Waals surface area contributed by atoms with E-state index in [-0.39, 0.29) is 18.5 Å². The molecule has 0 radical (unpaired) electrons. The van der Waals surface area contributed by atoms with E-state index in [4.69, 9.17) is 14.2 Å². The van der Waals surface area contributed by atoms with Crippen LogP contribution in [0, 0.1) is 0 Å². The number of aromatic nitrogens is 1. The number of rotatable bonds is 8. The molecule has 0 saturated carbocycles. The first-order chi connectivity index (χ1) is 18.3. The Kier molecular flexibility index (Phi) is 7.00. The zero-order chi connectivity index (χ0) is 26.7. The number of ether oxygens (including phenoxy) is 3. The van der Waals surface area contributed by atoms with E-state index in [2.05, 4.69) is 4.90 Å². The van der Waals surface area contributed by atoms with E-state index >= 15 is 0 Å². The van der Waals surface area contributed by atoms with Crippen LogP contribution in [-0.2, 0) is 17.5 Å². The lowest BCUT2D eigenvalue weighted by atomic mass is 10.1. The lowest BCUT2D eigenvalue weighted by Gasteiger charge is -2.41. The molecule has 1 fully saturated rings. The van der Waals surface area contributed by atoms with Gasteiger partial charge in [-0.15, -0.1) is 0 Å². The molecule has 0 spiro atoms. The maximum Gasteiger partial charge on any atom is 0.416 e. The van der Waals surface area contributed by atoms with Crippen molar-refractivity contribution in [1.29, 1.82) is 0 Å². The third-order valence-electron chi connectivity index (χ3n) is 6.26. The third-order valence-corrected chi connectivity index (χ3v) is 6.26. The van der Waals surface area contributed by atoms with Crippen LogP contribution in [0.2, 0.25) is 0 Å². The molecule has 1 aliphatic rings. The highest BCUT2D eigenvalue weighted by atomic mass is 19.4. The van der Waals surface area contributed by atoms with Gasteiger partial charge in [0.2, 0.25) is 0 Å². The predicted octanol–water partition coefficient (Wildman–Crippen LogP) is 6.13. The second-order valence-corrected chi connectivity index (χ2v) is 8.86. The van der Waals surface area contributed by atoms with Crippen molar-refractivity contribution >= 4 is 11.7 Å². The normalized spacial score (nSPS) is 13.6. The van der Waals surface area contributed by atoms with Gasteiger partial charge in [0.05, 0.1) is 42.7 Å². The number of carbonyl (C=O) groups is 1. The Balaban J connectivity index is 1.19. The Morgan fingerprint density at radius 3 is 2.32 bits per heavy atom. The molecule has 2 heterocycles. The number of para-hydroxylation sites is 1. The van der Waals surface area contributed by atoms with Gasteiger partial charge < -0.3 is 23.7 Å². The number of methoxy groups -OCH3 is 1. The number of hydrogen-bond acceptors (Lipinski definition) is 5. The molecule has 4 aromatic rings. The molecule has 3 aromatic carbocycles. The first-order valence-electron chi connectivity index (χ1n) is 12.0. The van der Waals surface area contributed by atoms with Crippen LogP contribution in [0.5, 0.6) is 11.5 Å². The molecule has 0 amide bonds. The van der Waals surface area contributed by atoms with Gasteiger partial charge in [-0.2, -0.15) is 13.2 Å². The Hall–Kier alpha value is -4.40. The largest absolute Gasteiger partial charge is 0.489 e. The molecular weight excluding hydrogens is 497 g/mol. The number of halogens is 3. The van der Waals surface area contributed by atoms with Crippen molar-refractivity contribution in [3.05, 3.63) is 108 Å². The van der Waals surface area contributed by atoms with Gasteiger partial charge in [0.25, 0.3) is 0 Å². The lowest BCUT2D eigenvalue weighted by Crippen LogP contribution is -2.54. The Labute approximate surface area is 217 Å². The van der Waals surface area contributed by atoms with E-state index in [9.17, 15) is 18.0 Å². The summed E-state index contributed by atoms with van der Waals surface area (Å²) in [7, 11) is 1.37. The van der Waals surface area contributed by atoms with Crippen molar-refractivity contribution in [2.75, 3.05) is 25.1 Å². The highest BCUT2D eigenvalue weighted by molar-refractivity contribution is 5.96. The predicted molar refractivity (Wildman–Crippen MR) is 136 cm³/mol. The smallest absolute Gasteiger partial charge is 0.416 e. The molecule has 0 unspecified atom stereocenters. The number of anilines is 1. The number of nitrogens with zero attached hydrogens (tertiary/aromatic N) is 2. The van der Waals surface area contributed by atoms with Crippen LogP contribution in [0.3, 0.4) is 0 Å². The monoisotopic (exact) mass is 522 g/mol. The van der Waals surface area contributed by atoms with Crippen molar-refractivity contribution in [2.45, 2.75) is 18.9 Å². The fourth-order valence-electron chi connectivity index (χ4n) is 4.31. The minimum atomic E-state index is -4.41. The van der Waals surface area contributed by atoms with Gasteiger partial charge in [0, 0.05) is 12.4 Å². The SMILES string of the molecule is COC(=O)c1cccc(N2CC(Oc3ccc(COc4cccc(C(F)(F)F)c4)cc3)C2)c1-n1cccc1. The Bertz CT molecular complexity index is 1400. The summed E-state index contributed by atoms with van der Waals surface area (Å²) in [5.41, 5.74) is 2.21. The van der Waals surface area contributed by atoms with E-state index < -0.39 is 17.7 Å². The highest BCUT2D eigenvalue weighted by Gasteiger charge is 2.32. The lowest BCUT2D eigenvalue weighted by molar-refractivity contribution is -0.137. The van der Waals surface area contributed by atoms with Crippen molar-refractivity contribution in [2.24, 2.45) is 0 Å². The summed E-state index contributed by atoms with van der Waals surface area (Å²) in [6.45, 7) is 1.41. The van der Waals surface area contributed by atoms with Gasteiger partial charge in [-0.3, -0.25) is 0 Å². The molecule has 6 nitrogen and oxygen atoms in total. The van der Waals surface area contributed by atoms with Crippen LogP contribution in [-0.4, -0.2) is 36.8 Å². The van der Waals surface area contributed by atoms with Gasteiger partial charge in [-0.05, 0) is 60.2 Å². The van der Waals surface area contributed by atoms with Crippen molar-refractivity contribution in [1.82, 2.24) is 4.57 Å². The molecule has 196 valence electrons. The van der Waals surface area contributed by atoms with Crippen LogP contribution >= 0.6 is 0 Å². The van der Waals surface area contributed by atoms with Gasteiger partial charge >= 0.3 is 12.1 Å². The first-order valence-corrected chi connectivity index (χ1v) is 12.0. The van der Waals surface area contributed by atoms with Crippen LogP contribution in [0.4, 0.5) is 18.9 Å². The van der Waals surface area contributed by atoms with Crippen molar-refractivity contribution in [3.8, 4) is 17.2 Å². The zero-order valence-corrected chi connectivity index (χ0v) is 20.5. The molecule has 0 atom stereocenters. The summed E-state index contributed by atoms with van der Waals surface area (Å²) in [6, 6.07) is 21.4. The summed E-state index contributed by atoms with van der Waals surface area (Å²) >= 11 is 0. The molecule has 0 aliphatic carbocycles. The molecule has 1 saturated heterocycles. The average Bonchev–Trinajstić information content (AvgIpc) is 3.43. The number of alkyl halides is 3. The van der Waals surface area contributed by atoms with Crippen LogP contribution in [0.1, 0.15) is 21.5 Å². The number of hydrogen-bond donors (Lipinski definition) is 0. The summed E-state index contributed by atoms with van der Waals surface area (Å²) in [5, 5.41) is 0. The summed E-state index contributed by atoms with van der Waals surface area (Å²) in [5.74, 6) is 0.442. The van der Waals surface area contributed by atoms with Crippen LogP contribution in [0.15, 0.2) is 91.3 Å². The number of benzene rings is 3. The second kappa shape index (κ2) is 10.5. The summed E-state index contributed by atoms with van der Waals surface area (Å²) in [4.78, 5) is 14.5. The van der Waals surface area contributed by atoms with Crippen LogP contribution in [0.25, 0.3) is 5.69 Å². The van der Waals surface area contributed by atoms with Gasteiger partial charge in [0.15, 0.2) is 0 Å². The molecule has 1 aromatic heterocycles. The summed E-state index contributed by atoms with van der Waals surface area (Å²) < 4.78 is 57.2. The maximum atomic E-state index is 12.9. The van der Waals surface area contributed by atoms with Crippen LogP contribution < -0.4 is 14.4 Å². The Morgan fingerprint density at radius 2 is 1.63 bits per heavy atom. The standard InChI is InChI=1S/C29H25F3N2O4/c1-36-28(35)25-8-5-9-26(27(25)33-14-2-3-15-33)34-17-24(18-34)38-22-12-10-20(11-13-22)19-37-23-7-4-6-21(16-23)29(30,31)32/h2-16,24H,17-19H2,1H3. The molecule has 0 N–H and O–H groups in total. The van der Waals surface area contributed by atoms with Gasteiger partial charge in [-0.1, -0.05) is 24.3 Å². The minimum Gasteiger partial charge on any atom is -0.489 e. The third kappa shape index (κ3) is 5.46. The molecule has 9 heteroatoms. The average molecular weight is 523 g/mol. The fraction of sp³-hybridized carbons (Fsp3) is 0.207. The summed E-state index contributed by atoms with van der Waals surface area (Å²) in [6.07, 6.45) is -0.681. The first kappa shape index (κ1) is 25.3. The van der Waals surface area contributed by atoms with E-state index in [0.29, 0.717) is 24.4 Å². The molecule has 5 rings (SSSR count). The van der Waals surface area contributed by atoms with E-state index in [1.807, 2.05) is 65.5 Å². The van der Waals surface area contributed by atoms with E-state index in [0.717, 1.165) is 29.1 Å². The van der Waals surface area contributed by atoms with Crippen molar-refractivity contribution in [3.63, 3.8) is 0 Å². The van der Waals surface area contributed by atoms with Gasteiger partial charge in [0.1, 0.15) is 24.2 Å².